The van der Waals surface area contributed by atoms with Crippen molar-refractivity contribution in [2.75, 3.05) is 46.4 Å². The number of amides is 1. The van der Waals surface area contributed by atoms with Gasteiger partial charge >= 0.3 is 0 Å². The quantitative estimate of drug-likeness (QED) is 0.575. The van der Waals surface area contributed by atoms with Crippen molar-refractivity contribution in [1.82, 2.24) is 5.32 Å². The van der Waals surface area contributed by atoms with Crippen LogP contribution in [0.4, 0.5) is 0 Å². The van der Waals surface area contributed by atoms with Gasteiger partial charge in [0.15, 0.2) is 6.54 Å². The summed E-state index contributed by atoms with van der Waals surface area (Å²) in [5.74, 6) is 1.99. The first-order chi connectivity index (χ1) is 14.2. The van der Waals surface area contributed by atoms with Crippen molar-refractivity contribution < 1.29 is 24.1 Å². The van der Waals surface area contributed by atoms with Crippen LogP contribution in [0.15, 0.2) is 42.5 Å². The highest BCUT2D eigenvalue weighted by molar-refractivity contribution is 5.76. The third-order valence-corrected chi connectivity index (χ3v) is 5.91. The van der Waals surface area contributed by atoms with Gasteiger partial charge < -0.3 is 24.6 Å². The monoisotopic (exact) mass is 397 g/mol. The largest absolute Gasteiger partial charge is 0.497 e. The van der Waals surface area contributed by atoms with E-state index >= 15 is 0 Å². The molecule has 0 radical (unpaired) electrons. The smallest absolute Gasteiger partial charge is 0.275 e. The lowest BCUT2D eigenvalue weighted by Gasteiger charge is -2.29. The standard InChI is InChI=1S/C23H29N3O3/c1-28-21-4-2-3-18(14-21)15-24-23(27)17-26-10-8-25(9-11-26)16-19-5-6-22-20(13-19)7-12-29-22/h2-6,13-14H,7-12,15-17H2,1H3,(H,24,27)/p+2. The first-order valence-corrected chi connectivity index (χ1v) is 10.5. The van der Waals surface area contributed by atoms with E-state index in [0.717, 1.165) is 62.8 Å². The lowest BCUT2D eigenvalue weighted by Crippen LogP contribution is -3.28. The fourth-order valence-corrected chi connectivity index (χ4v) is 4.22. The number of carbonyl (C=O) groups excluding carboxylic acids is 1. The number of fused-ring (bicyclic) bond motifs is 1. The third-order valence-electron chi connectivity index (χ3n) is 5.91. The van der Waals surface area contributed by atoms with Gasteiger partial charge in [0.2, 0.25) is 0 Å². The maximum Gasteiger partial charge on any atom is 0.275 e. The van der Waals surface area contributed by atoms with Crippen molar-refractivity contribution in [3.05, 3.63) is 59.2 Å². The van der Waals surface area contributed by atoms with Gasteiger partial charge in [-0.05, 0) is 41.5 Å². The maximum atomic E-state index is 12.3. The van der Waals surface area contributed by atoms with E-state index in [9.17, 15) is 4.79 Å². The van der Waals surface area contributed by atoms with Crippen molar-refractivity contribution >= 4 is 5.91 Å². The summed E-state index contributed by atoms with van der Waals surface area (Å²) in [6.07, 6.45) is 1.03. The molecule has 1 saturated heterocycles. The molecule has 2 aromatic rings. The average molecular weight is 398 g/mol. The van der Waals surface area contributed by atoms with Gasteiger partial charge in [0.25, 0.3) is 5.91 Å². The summed E-state index contributed by atoms with van der Waals surface area (Å²) in [6.45, 7) is 7.25. The van der Waals surface area contributed by atoms with Gasteiger partial charge in [-0.15, -0.1) is 0 Å². The normalized spacial score (nSPS) is 20.6. The molecule has 2 aromatic carbocycles. The highest BCUT2D eigenvalue weighted by atomic mass is 16.5. The van der Waals surface area contributed by atoms with E-state index < -0.39 is 0 Å². The Bertz CT molecular complexity index is 847. The number of hydrogen-bond donors (Lipinski definition) is 3. The molecule has 0 saturated carbocycles. The number of rotatable bonds is 7. The van der Waals surface area contributed by atoms with Crippen molar-refractivity contribution in [2.24, 2.45) is 0 Å². The molecule has 1 fully saturated rings. The molecule has 0 spiro atoms. The number of carbonyl (C=O) groups is 1. The molecule has 0 aromatic heterocycles. The van der Waals surface area contributed by atoms with E-state index in [2.05, 4.69) is 23.5 Å². The summed E-state index contributed by atoms with van der Waals surface area (Å²) in [5.41, 5.74) is 3.80. The number of nitrogens with one attached hydrogen (secondary N) is 3. The molecule has 0 unspecified atom stereocenters. The Morgan fingerprint density at radius 1 is 1.07 bits per heavy atom. The maximum absolute atomic E-state index is 12.3. The summed E-state index contributed by atoms with van der Waals surface area (Å²) >= 11 is 0. The highest BCUT2D eigenvalue weighted by Crippen LogP contribution is 2.25. The zero-order valence-electron chi connectivity index (χ0n) is 17.1. The second kappa shape index (κ2) is 9.29. The van der Waals surface area contributed by atoms with E-state index in [4.69, 9.17) is 9.47 Å². The minimum Gasteiger partial charge on any atom is -0.497 e. The number of methoxy groups -OCH3 is 1. The van der Waals surface area contributed by atoms with Crippen LogP contribution in [0.3, 0.4) is 0 Å². The molecule has 2 aliphatic heterocycles. The molecule has 2 heterocycles. The molecule has 154 valence electrons. The number of hydrogen-bond acceptors (Lipinski definition) is 3. The van der Waals surface area contributed by atoms with Crippen LogP contribution in [0.5, 0.6) is 11.5 Å². The lowest BCUT2D eigenvalue weighted by molar-refractivity contribution is -1.02. The van der Waals surface area contributed by atoms with Crippen LogP contribution >= 0.6 is 0 Å². The van der Waals surface area contributed by atoms with E-state index in [0.29, 0.717) is 13.1 Å². The number of ether oxygens (including phenoxy) is 2. The predicted molar refractivity (Wildman–Crippen MR) is 110 cm³/mol. The fourth-order valence-electron chi connectivity index (χ4n) is 4.22. The first-order valence-electron chi connectivity index (χ1n) is 10.5. The Labute approximate surface area is 172 Å². The zero-order chi connectivity index (χ0) is 20.1. The Morgan fingerprint density at radius 3 is 2.72 bits per heavy atom. The molecular weight excluding hydrogens is 366 g/mol. The second-order valence-corrected chi connectivity index (χ2v) is 8.02. The SMILES string of the molecule is COc1cccc(CNC(=O)C[NH+]2CC[NH+](Cc3ccc4c(c3)CCO4)CC2)c1. The minimum absolute atomic E-state index is 0.116. The van der Waals surface area contributed by atoms with Crippen LogP contribution in [0.1, 0.15) is 16.7 Å². The topological polar surface area (TPSA) is 56.4 Å². The predicted octanol–water partition coefficient (Wildman–Crippen LogP) is -0.770. The van der Waals surface area contributed by atoms with Crippen LogP contribution in [0.25, 0.3) is 0 Å². The van der Waals surface area contributed by atoms with Crippen LogP contribution in [0, 0.1) is 0 Å². The Kier molecular flexibility index (Phi) is 6.32. The molecule has 29 heavy (non-hydrogen) atoms. The molecule has 4 rings (SSSR count). The second-order valence-electron chi connectivity index (χ2n) is 8.02. The molecule has 3 N–H and O–H groups in total. The summed E-state index contributed by atoms with van der Waals surface area (Å²) in [4.78, 5) is 15.3. The summed E-state index contributed by atoms with van der Waals surface area (Å²) in [6, 6.07) is 14.4. The van der Waals surface area contributed by atoms with Gasteiger partial charge in [0.1, 0.15) is 44.2 Å². The van der Waals surface area contributed by atoms with Gasteiger partial charge in [0, 0.05) is 18.5 Å². The third kappa shape index (κ3) is 5.28. The fraction of sp³-hybridized carbons (Fsp3) is 0.435. The summed E-state index contributed by atoms with van der Waals surface area (Å²) in [5, 5.41) is 3.04. The highest BCUT2D eigenvalue weighted by Gasteiger charge is 2.25. The van der Waals surface area contributed by atoms with Crippen LogP contribution in [-0.4, -0.2) is 52.3 Å². The van der Waals surface area contributed by atoms with Gasteiger partial charge in [-0.2, -0.15) is 0 Å². The van der Waals surface area contributed by atoms with Crippen LogP contribution < -0.4 is 24.6 Å². The van der Waals surface area contributed by atoms with Crippen LogP contribution in [-0.2, 0) is 24.3 Å². The molecule has 6 nitrogen and oxygen atoms in total. The van der Waals surface area contributed by atoms with Gasteiger partial charge in [-0.1, -0.05) is 12.1 Å². The molecule has 0 aliphatic carbocycles. The molecule has 6 heteroatoms. The Balaban J connectivity index is 1.19. The summed E-state index contributed by atoms with van der Waals surface area (Å²) < 4.78 is 10.8. The number of piperazine rings is 1. The van der Waals surface area contributed by atoms with E-state index in [1.54, 1.807) is 12.0 Å². The van der Waals surface area contributed by atoms with Gasteiger partial charge in [-0.3, -0.25) is 4.79 Å². The van der Waals surface area contributed by atoms with Crippen LogP contribution in [0.2, 0.25) is 0 Å². The molecule has 0 atom stereocenters. The Hall–Kier alpha value is -2.57. The van der Waals surface area contributed by atoms with E-state index in [-0.39, 0.29) is 5.91 Å². The molecule has 2 aliphatic rings. The van der Waals surface area contributed by atoms with Gasteiger partial charge in [-0.25, -0.2) is 0 Å². The molecular formula is C23H31N3O3+2. The molecule has 1 amide bonds. The zero-order valence-corrected chi connectivity index (χ0v) is 17.1. The van der Waals surface area contributed by atoms with Crippen molar-refractivity contribution in [2.45, 2.75) is 19.5 Å². The van der Waals surface area contributed by atoms with E-state index in [1.807, 2.05) is 24.3 Å². The molecule has 0 bridgehead atoms. The Morgan fingerprint density at radius 2 is 1.90 bits per heavy atom. The first kappa shape index (κ1) is 19.7. The van der Waals surface area contributed by atoms with Crippen molar-refractivity contribution in [3.8, 4) is 11.5 Å². The van der Waals surface area contributed by atoms with Crippen molar-refractivity contribution in [1.29, 1.82) is 0 Å². The number of benzene rings is 2. The minimum atomic E-state index is 0.116. The average Bonchev–Trinajstić information content (AvgIpc) is 3.22. The van der Waals surface area contributed by atoms with Gasteiger partial charge in [0.05, 0.1) is 13.7 Å². The van der Waals surface area contributed by atoms with E-state index in [1.165, 1.54) is 16.0 Å². The van der Waals surface area contributed by atoms with Crippen molar-refractivity contribution in [3.63, 3.8) is 0 Å². The summed E-state index contributed by atoms with van der Waals surface area (Å²) in [7, 11) is 1.65. The lowest BCUT2D eigenvalue weighted by atomic mass is 10.1. The number of quaternary nitrogens is 2.